The number of nitrogens with one attached hydrogen (secondary N) is 1. The number of aromatic nitrogens is 2. The van der Waals surface area contributed by atoms with E-state index in [-0.39, 0.29) is 35.8 Å². The molecule has 1 N–H and O–H groups in total. The molecule has 0 radical (unpaired) electrons. The molecule has 1 heterocycles. The standard InChI is InChI=1S/C25H30F3N3O4/c1-24(2,3)35-22(33)14-16(12-13-32)29-23(34)20-15-21(31(30-20)17-8-4-5-9-17)18-10-6-7-11-19(18)25(26,27)28/h6-7,10-11,13,15-17H,4-5,8-9,12,14H2,1-3H3,(H,29,34). The predicted octanol–water partition coefficient (Wildman–Crippen LogP) is 5.10. The van der Waals surface area contributed by atoms with Gasteiger partial charge in [0.05, 0.1) is 23.7 Å². The molecule has 35 heavy (non-hydrogen) atoms. The van der Waals surface area contributed by atoms with Gasteiger partial charge in [0.15, 0.2) is 5.69 Å². The minimum atomic E-state index is -4.58. The fraction of sp³-hybridized carbons (Fsp3) is 0.520. The van der Waals surface area contributed by atoms with Crippen LogP contribution >= 0.6 is 0 Å². The van der Waals surface area contributed by atoms with Gasteiger partial charge in [-0.2, -0.15) is 18.3 Å². The van der Waals surface area contributed by atoms with Crippen molar-refractivity contribution in [3.05, 3.63) is 41.6 Å². The smallest absolute Gasteiger partial charge is 0.417 e. The molecule has 0 bridgehead atoms. The van der Waals surface area contributed by atoms with E-state index in [1.165, 1.54) is 28.9 Å². The molecule has 1 atom stereocenters. The van der Waals surface area contributed by atoms with Crippen molar-refractivity contribution in [3.63, 3.8) is 0 Å². The Labute approximate surface area is 202 Å². The number of aldehydes is 1. The summed E-state index contributed by atoms with van der Waals surface area (Å²) in [6, 6.07) is 5.57. The number of benzene rings is 1. The molecule has 3 rings (SSSR count). The van der Waals surface area contributed by atoms with E-state index in [0.717, 1.165) is 31.7 Å². The summed E-state index contributed by atoms with van der Waals surface area (Å²) in [5.41, 5.74) is -1.47. The highest BCUT2D eigenvalue weighted by Crippen LogP contribution is 2.40. The van der Waals surface area contributed by atoms with Gasteiger partial charge in [-0.05, 0) is 45.7 Å². The molecule has 1 aliphatic rings. The Balaban J connectivity index is 1.92. The van der Waals surface area contributed by atoms with Crippen molar-refractivity contribution in [2.24, 2.45) is 0 Å². The number of rotatable bonds is 8. The third-order valence-corrected chi connectivity index (χ3v) is 5.70. The highest BCUT2D eigenvalue weighted by atomic mass is 19.4. The third kappa shape index (κ3) is 6.93. The predicted molar refractivity (Wildman–Crippen MR) is 123 cm³/mol. The zero-order valence-corrected chi connectivity index (χ0v) is 20.0. The fourth-order valence-corrected chi connectivity index (χ4v) is 4.24. The molecular formula is C25H30F3N3O4. The Hall–Kier alpha value is -3.17. The summed E-state index contributed by atoms with van der Waals surface area (Å²) in [5.74, 6) is -1.26. The summed E-state index contributed by atoms with van der Waals surface area (Å²) >= 11 is 0. The first-order valence-corrected chi connectivity index (χ1v) is 11.6. The molecule has 1 saturated carbocycles. The normalized spacial score (nSPS) is 15.6. The summed E-state index contributed by atoms with van der Waals surface area (Å²) < 4.78 is 47.9. The average molecular weight is 494 g/mol. The van der Waals surface area contributed by atoms with E-state index >= 15 is 0 Å². The van der Waals surface area contributed by atoms with Crippen LogP contribution in [0.3, 0.4) is 0 Å². The molecule has 1 aromatic carbocycles. The Morgan fingerprint density at radius 2 is 1.86 bits per heavy atom. The molecule has 2 aromatic rings. The van der Waals surface area contributed by atoms with Crippen LogP contribution in [0, 0.1) is 0 Å². The number of hydrogen-bond donors (Lipinski definition) is 1. The molecule has 1 aromatic heterocycles. The number of carbonyl (C=O) groups excluding carboxylic acids is 3. The largest absolute Gasteiger partial charge is 0.460 e. The van der Waals surface area contributed by atoms with Gasteiger partial charge < -0.3 is 14.8 Å². The molecule has 190 valence electrons. The highest BCUT2D eigenvalue weighted by molar-refractivity contribution is 5.94. The van der Waals surface area contributed by atoms with E-state index < -0.39 is 35.3 Å². The molecule has 0 spiro atoms. The van der Waals surface area contributed by atoms with E-state index in [2.05, 4.69) is 10.4 Å². The summed E-state index contributed by atoms with van der Waals surface area (Å²) in [6.45, 7) is 5.11. The summed E-state index contributed by atoms with van der Waals surface area (Å²) in [4.78, 5) is 36.3. The summed E-state index contributed by atoms with van der Waals surface area (Å²) in [6.07, 6.45) is -1.02. The van der Waals surface area contributed by atoms with Gasteiger partial charge in [0.2, 0.25) is 0 Å². The topological polar surface area (TPSA) is 90.3 Å². The molecule has 1 unspecified atom stereocenters. The molecule has 0 saturated heterocycles. The zero-order chi connectivity index (χ0) is 25.8. The van der Waals surface area contributed by atoms with Crippen LogP contribution in [0.1, 0.15) is 81.4 Å². The summed E-state index contributed by atoms with van der Waals surface area (Å²) in [5, 5.41) is 6.99. The first-order valence-electron chi connectivity index (χ1n) is 11.6. The van der Waals surface area contributed by atoms with Gasteiger partial charge in [-0.15, -0.1) is 0 Å². The van der Waals surface area contributed by atoms with Crippen molar-refractivity contribution in [2.45, 2.75) is 83.2 Å². The first kappa shape index (κ1) is 26.4. The van der Waals surface area contributed by atoms with E-state index in [9.17, 15) is 27.6 Å². The van der Waals surface area contributed by atoms with Crippen LogP contribution in [0.2, 0.25) is 0 Å². The van der Waals surface area contributed by atoms with Crippen LogP contribution in [0.4, 0.5) is 13.2 Å². The first-order chi connectivity index (χ1) is 16.4. The maximum atomic E-state index is 13.7. The lowest BCUT2D eigenvalue weighted by molar-refractivity contribution is -0.155. The van der Waals surface area contributed by atoms with Gasteiger partial charge in [0.1, 0.15) is 11.9 Å². The lowest BCUT2D eigenvalue weighted by Crippen LogP contribution is -2.38. The fourth-order valence-electron chi connectivity index (χ4n) is 4.24. The van der Waals surface area contributed by atoms with Crippen LogP contribution in [0.25, 0.3) is 11.3 Å². The number of nitrogens with zero attached hydrogens (tertiary/aromatic N) is 2. The van der Waals surface area contributed by atoms with Gasteiger partial charge >= 0.3 is 12.1 Å². The molecular weight excluding hydrogens is 463 g/mol. The maximum absolute atomic E-state index is 13.7. The molecule has 10 heteroatoms. The maximum Gasteiger partial charge on any atom is 0.417 e. The quantitative estimate of drug-likeness (QED) is 0.408. The second-order valence-corrected chi connectivity index (χ2v) is 9.70. The molecule has 1 fully saturated rings. The second kappa shape index (κ2) is 10.6. The van der Waals surface area contributed by atoms with Crippen molar-refractivity contribution >= 4 is 18.2 Å². The lowest BCUT2D eigenvalue weighted by Gasteiger charge is -2.22. The van der Waals surface area contributed by atoms with Gasteiger partial charge in [-0.25, -0.2) is 0 Å². The number of hydrogen-bond acceptors (Lipinski definition) is 5. The monoisotopic (exact) mass is 493 g/mol. The van der Waals surface area contributed by atoms with E-state index in [4.69, 9.17) is 4.74 Å². The van der Waals surface area contributed by atoms with E-state index in [1.807, 2.05) is 0 Å². The number of carbonyl (C=O) groups is 3. The molecule has 0 aliphatic heterocycles. The Bertz CT molecular complexity index is 1070. The van der Waals surface area contributed by atoms with Crippen molar-refractivity contribution < 1.29 is 32.3 Å². The lowest BCUT2D eigenvalue weighted by atomic mass is 10.0. The molecule has 1 aliphatic carbocycles. The van der Waals surface area contributed by atoms with Crippen molar-refractivity contribution in [1.82, 2.24) is 15.1 Å². The second-order valence-electron chi connectivity index (χ2n) is 9.70. The Morgan fingerprint density at radius 1 is 1.20 bits per heavy atom. The Kier molecular flexibility index (Phi) is 8.02. The molecule has 7 nitrogen and oxygen atoms in total. The average Bonchev–Trinajstić information content (AvgIpc) is 3.41. The van der Waals surface area contributed by atoms with E-state index in [0.29, 0.717) is 6.29 Å². The number of halogens is 3. The molecule has 1 amide bonds. The summed E-state index contributed by atoms with van der Waals surface area (Å²) in [7, 11) is 0. The van der Waals surface area contributed by atoms with Crippen molar-refractivity contribution in [1.29, 1.82) is 0 Å². The van der Waals surface area contributed by atoms with Gasteiger partial charge in [0, 0.05) is 18.0 Å². The SMILES string of the molecule is CC(C)(C)OC(=O)CC(CC=O)NC(=O)c1cc(-c2ccccc2C(F)(F)F)n(C2CCCC2)n1. The van der Waals surface area contributed by atoms with Crippen LogP contribution in [0.5, 0.6) is 0 Å². The minimum Gasteiger partial charge on any atom is -0.460 e. The van der Waals surface area contributed by atoms with E-state index in [1.54, 1.807) is 20.8 Å². The van der Waals surface area contributed by atoms with Crippen LogP contribution in [-0.4, -0.2) is 39.6 Å². The van der Waals surface area contributed by atoms with Gasteiger partial charge in [0.25, 0.3) is 5.91 Å². The number of amides is 1. The Morgan fingerprint density at radius 3 is 2.46 bits per heavy atom. The minimum absolute atomic E-state index is 0.0587. The number of esters is 1. The number of ether oxygens (including phenoxy) is 1. The van der Waals surface area contributed by atoms with Crippen molar-refractivity contribution in [3.8, 4) is 11.3 Å². The van der Waals surface area contributed by atoms with Crippen LogP contribution in [-0.2, 0) is 20.5 Å². The van der Waals surface area contributed by atoms with Gasteiger partial charge in [-0.1, -0.05) is 31.0 Å². The highest BCUT2D eigenvalue weighted by Gasteiger charge is 2.35. The van der Waals surface area contributed by atoms with Crippen molar-refractivity contribution in [2.75, 3.05) is 0 Å². The van der Waals surface area contributed by atoms with Crippen LogP contribution in [0.15, 0.2) is 30.3 Å². The zero-order valence-electron chi connectivity index (χ0n) is 20.0. The number of alkyl halides is 3. The van der Waals surface area contributed by atoms with Gasteiger partial charge in [-0.3, -0.25) is 14.3 Å². The van der Waals surface area contributed by atoms with Crippen LogP contribution < -0.4 is 5.32 Å². The third-order valence-electron chi connectivity index (χ3n) is 5.70.